The van der Waals surface area contributed by atoms with Crippen LogP contribution in [0.1, 0.15) is 22.3 Å². The Morgan fingerprint density at radius 2 is 2.18 bits per heavy atom. The molecule has 0 bridgehead atoms. The highest BCUT2D eigenvalue weighted by molar-refractivity contribution is 9.09. The third-order valence-corrected chi connectivity index (χ3v) is 3.12. The van der Waals surface area contributed by atoms with E-state index >= 15 is 0 Å². The van der Waals surface area contributed by atoms with Crippen molar-refractivity contribution >= 4 is 21.8 Å². The van der Waals surface area contributed by atoms with Crippen molar-refractivity contribution in [3.8, 4) is 5.75 Å². The van der Waals surface area contributed by atoms with E-state index in [-0.39, 0.29) is 5.91 Å². The molecular weight excluding hydrogens is 282 g/mol. The first-order chi connectivity index (χ1) is 8.10. The van der Waals surface area contributed by atoms with Crippen LogP contribution in [0.3, 0.4) is 0 Å². The van der Waals surface area contributed by atoms with Crippen LogP contribution in [0.5, 0.6) is 5.75 Å². The van der Waals surface area contributed by atoms with Gasteiger partial charge in [0.05, 0.1) is 12.7 Å². The van der Waals surface area contributed by atoms with E-state index in [2.05, 4.69) is 15.9 Å². The Morgan fingerprint density at radius 1 is 1.47 bits per heavy atom. The fourth-order valence-electron chi connectivity index (χ4n) is 1.59. The summed E-state index contributed by atoms with van der Waals surface area (Å²) in [5, 5.41) is 0.898. The SMILES string of the molecule is COc1ccc(C)cc1C(=O)N(C)CCCBr. The van der Waals surface area contributed by atoms with Crippen molar-refractivity contribution in [3.05, 3.63) is 29.3 Å². The topological polar surface area (TPSA) is 29.5 Å². The number of carbonyl (C=O) groups excluding carboxylic acids is 1. The lowest BCUT2D eigenvalue weighted by molar-refractivity contribution is 0.0792. The summed E-state index contributed by atoms with van der Waals surface area (Å²) in [4.78, 5) is 13.9. The van der Waals surface area contributed by atoms with E-state index in [1.165, 1.54) is 0 Å². The molecule has 4 heteroatoms. The zero-order valence-corrected chi connectivity index (χ0v) is 12.1. The van der Waals surface area contributed by atoms with E-state index in [0.717, 1.165) is 23.9 Å². The van der Waals surface area contributed by atoms with E-state index in [4.69, 9.17) is 4.74 Å². The lowest BCUT2D eigenvalue weighted by Gasteiger charge is -2.18. The molecule has 1 amide bonds. The number of halogens is 1. The monoisotopic (exact) mass is 299 g/mol. The third-order valence-electron chi connectivity index (χ3n) is 2.56. The van der Waals surface area contributed by atoms with Crippen molar-refractivity contribution in [2.24, 2.45) is 0 Å². The predicted octanol–water partition coefficient (Wildman–Crippen LogP) is 2.86. The molecule has 0 aromatic heterocycles. The first kappa shape index (κ1) is 14.0. The summed E-state index contributed by atoms with van der Waals surface area (Å²) in [5.41, 5.74) is 1.69. The van der Waals surface area contributed by atoms with Gasteiger partial charge in [0, 0.05) is 18.9 Å². The zero-order valence-electron chi connectivity index (χ0n) is 10.5. The molecule has 0 aliphatic carbocycles. The Balaban J connectivity index is 2.90. The first-order valence-electron chi connectivity index (χ1n) is 5.56. The van der Waals surface area contributed by atoms with Gasteiger partial charge in [-0.2, -0.15) is 0 Å². The number of methoxy groups -OCH3 is 1. The van der Waals surface area contributed by atoms with Gasteiger partial charge < -0.3 is 9.64 Å². The van der Waals surface area contributed by atoms with Crippen molar-refractivity contribution in [2.45, 2.75) is 13.3 Å². The molecule has 0 unspecified atom stereocenters. The van der Waals surface area contributed by atoms with Gasteiger partial charge in [-0.05, 0) is 25.5 Å². The van der Waals surface area contributed by atoms with Gasteiger partial charge in [-0.1, -0.05) is 27.6 Å². The highest BCUT2D eigenvalue weighted by atomic mass is 79.9. The van der Waals surface area contributed by atoms with E-state index < -0.39 is 0 Å². The average molecular weight is 300 g/mol. The molecule has 0 N–H and O–H groups in total. The predicted molar refractivity (Wildman–Crippen MR) is 73.1 cm³/mol. The molecule has 0 aliphatic rings. The minimum absolute atomic E-state index is 0.00602. The molecule has 0 fully saturated rings. The van der Waals surface area contributed by atoms with Gasteiger partial charge in [0.1, 0.15) is 5.75 Å². The Hall–Kier alpha value is -1.03. The summed E-state index contributed by atoms with van der Waals surface area (Å²) in [5.74, 6) is 0.637. The van der Waals surface area contributed by atoms with Crippen LogP contribution in [-0.4, -0.2) is 36.8 Å². The molecule has 0 spiro atoms. The summed E-state index contributed by atoms with van der Waals surface area (Å²) in [6, 6.07) is 5.64. The second kappa shape index (κ2) is 6.64. The second-order valence-electron chi connectivity index (χ2n) is 3.97. The molecule has 0 atom stereocenters. The van der Waals surface area contributed by atoms with E-state index in [1.54, 1.807) is 12.0 Å². The number of rotatable bonds is 5. The number of alkyl halides is 1. The van der Waals surface area contributed by atoms with Gasteiger partial charge in [0.25, 0.3) is 5.91 Å². The molecule has 0 saturated heterocycles. The second-order valence-corrected chi connectivity index (χ2v) is 4.77. The number of ether oxygens (including phenoxy) is 1. The summed E-state index contributed by atoms with van der Waals surface area (Å²) in [7, 11) is 3.40. The molecule has 0 saturated carbocycles. The minimum atomic E-state index is 0.00602. The van der Waals surface area contributed by atoms with Crippen molar-refractivity contribution < 1.29 is 9.53 Å². The molecule has 0 aliphatic heterocycles. The third kappa shape index (κ3) is 3.73. The Labute approximate surface area is 111 Å². The molecule has 1 rings (SSSR count). The van der Waals surface area contributed by atoms with Crippen LogP contribution in [0.2, 0.25) is 0 Å². The van der Waals surface area contributed by atoms with E-state index in [0.29, 0.717) is 11.3 Å². The molecule has 0 heterocycles. The van der Waals surface area contributed by atoms with Crippen molar-refractivity contribution in [1.82, 2.24) is 4.90 Å². The number of benzene rings is 1. The maximum atomic E-state index is 12.2. The lowest BCUT2D eigenvalue weighted by Crippen LogP contribution is -2.28. The van der Waals surface area contributed by atoms with Crippen LogP contribution in [0.25, 0.3) is 0 Å². The number of hydrogen-bond acceptors (Lipinski definition) is 2. The summed E-state index contributed by atoms with van der Waals surface area (Å²) < 4.78 is 5.22. The number of carbonyl (C=O) groups is 1. The van der Waals surface area contributed by atoms with Crippen molar-refractivity contribution in [3.63, 3.8) is 0 Å². The number of amides is 1. The normalized spacial score (nSPS) is 10.1. The lowest BCUT2D eigenvalue weighted by atomic mass is 10.1. The van der Waals surface area contributed by atoms with Crippen LogP contribution in [0.15, 0.2) is 18.2 Å². The van der Waals surface area contributed by atoms with Gasteiger partial charge in [-0.15, -0.1) is 0 Å². The summed E-state index contributed by atoms with van der Waals surface area (Å²) in [6.07, 6.45) is 0.941. The molecule has 0 radical (unpaired) electrons. The minimum Gasteiger partial charge on any atom is -0.496 e. The molecule has 1 aromatic carbocycles. The van der Waals surface area contributed by atoms with Gasteiger partial charge in [0.15, 0.2) is 0 Å². The smallest absolute Gasteiger partial charge is 0.257 e. The molecule has 17 heavy (non-hydrogen) atoms. The fraction of sp³-hybridized carbons (Fsp3) is 0.462. The van der Waals surface area contributed by atoms with Gasteiger partial charge in [-0.25, -0.2) is 0 Å². The number of hydrogen-bond donors (Lipinski definition) is 0. The molecule has 1 aromatic rings. The summed E-state index contributed by atoms with van der Waals surface area (Å²) in [6.45, 7) is 2.70. The van der Waals surface area contributed by atoms with Crippen LogP contribution in [0, 0.1) is 6.92 Å². The van der Waals surface area contributed by atoms with E-state index in [1.807, 2.05) is 32.2 Å². The van der Waals surface area contributed by atoms with Crippen LogP contribution in [0.4, 0.5) is 0 Å². The van der Waals surface area contributed by atoms with Crippen LogP contribution in [-0.2, 0) is 0 Å². The quantitative estimate of drug-likeness (QED) is 0.783. The Morgan fingerprint density at radius 3 is 2.76 bits per heavy atom. The fourth-order valence-corrected chi connectivity index (χ4v) is 1.84. The highest BCUT2D eigenvalue weighted by Crippen LogP contribution is 2.21. The molecular formula is C13H18BrNO2. The zero-order chi connectivity index (χ0) is 12.8. The van der Waals surface area contributed by atoms with Crippen molar-refractivity contribution in [2.75, 3.05) is 26.0 Å². The molecule has 3 nitrogen and oxygen atoms in total. The largest absolute Gasteiger partial charge is 0.496 e. The maximum absolute atomic E-state index is 12.2. The average Bonchev–Trinajstić information content (AvgIpc) is 2.34. The van der Waals surface area contributed by atoms with Gasteiger partial charge >= 0.3 is 0 Å². The maximum Gasteiger partial charge on any atom is 0.257 e. The Kier molecular flexibility index (Phi) is 5.48. The summed E-state index contributed by atoms with van der Waals surface area (Å²) >= 11 is 3.36. The van der Waals surface area contributed by atoms with Crippen LogP contribution < -0.4 is 4.74 Å². The van der Waals surface area contributed by atoms with Gasteiger partial charge in [0.2, 0.25) is 0 Å². The number of aryl methyl sites for hydroxylation is 1. The van der Waals surface area contributed by atoms with Crippen LogP contribution >= 0.6 is 15.9 Å². The molecule has 94 valence electrons. The standard InChI is InChI=1S/C13H18BrNO2/c1-10-5-6-12(17-3)11(9-10)13(16)15(2)8-4-7-14/h5-6,9H,4,7-8H2,1-3H3. The number of nitrogens with zero attached hydrogens (tertiary/aromatic N) is 1. The highest BCUT2D eigenvalue weighted by Gasteiger charge is 2.16. The van der Waals surface area contributed by atoms with Crippen molar-refractivity contribution in [1.29, 1.82) is 0 Å². The first-order valence-corrected chi connectivity index (χ1v) is 6.68. The van der Waals surface area contributed by atoms with E-state index in [9.17, 15) is 4.79 Å². The Bertz CT molecular complexity index is 393. The van der Waals surface area contributed by atoms with Gasteiger partial charge in [-0.3, -0.25) is 4.79 Å².